The van der Waals surface area contributed by atoms with Gasteiger partial charge in [0.15, 0.2) is 0 Å². The average Bonchev–Trinajstić information content (AvgIpc) is 2.07. The van der Waals surface area contributed by atoms with E-state index in [9.17, 15) is 0 Å². The van der Waals surface area contributed by atoms with Gasteiger partial charge in [0.1, 0.15) is 0 Å². The van der Waals surface area contributed by atoms with Crippen LogP contribution in [0.3, 0.4) is 0 Å². The smallest absolute Gasteiger partial charge is 0.0351 e. The van der Waals surface area contributed by atoms with Gasteiger partial charge in [-0.1, -0.05) is 6.92 Å². The van der Waals surface area contributed by atoms with Crippen LogP contribution in [0.5, 0.6) is 0 Å². The molecule has 5 heteroatoms. The SMILES string of the molecule is CCN1CCN(CCCl)CC1.Cl.Cl. The summed E-state index contributed by atoms with van der Waals surface area (Å²) in [5, 5.41) is 0. The first-order chi connectivity index (χ1) is 5.36. The highest BCUT2D eigenvalue weighted by atomic mass is 35.5. The third-order valence-electron chi connectivity index (χ3n) is 2.31. The monoisotopic (exact) mass is 248 g/mol. The lowest BCUT2D eigenvalue weighted by Gasteiger charge is -2.33. The van der Waals surface area contributed by atoms with Gasteiger partial charge in [-0.2, -0.15) is 0 Å². The van der Waals surface area contributed by atoms with Gasteiger partial charge in [-0.05, 0) is 6.54 Å². The molecule has 0 saturated carbocycles. The Morgan fingerprint density at radius 2 is 1.46 bits per heavy atom. The molecule has 1 aliphatic heterocycles. The lowest BCUT2D eigenvalue weighted by Crippen LogP contribution is -2.46. The zero-order valence-corrected chi connectivity index (χ0v) is 10.4. The van der Waals surface area contributed by atoms with Crippen molar-refractivity contribution in [3.8, 4) is 0 Å². The van der Waals surface area contributed by atoms with Crippen molar-refractivity contribution in [2.24, 2.45) is 0 Å². The van der Waals surface area contributed by atoms with Gasteiger partial charge in [-0.25, -0.2) is 0 Å². The summed E-state index contributed by atoms with van der Waals surface area (Å²) in [5.41, 5.74) is 0. The normalized spacial score (nSPS) is 18.9. The molecule has 0 radical (unpaired) electrons. The van der Waals surface area contributed by atoms with Crippen molar-refractivity contribution < 1.29 is 0 Å². The van der Waals surface area contributed by atoms with E-state index in [4.69, 9.17) is 11.6 Å². The molecule has 0 atom stereocenters. The fourth-order valence-corrected chi connectivity index (χ4v) is 1.69. The summed E-state index contributed by atoms with van der Waals surface area (Å²) in [5.74, 6) is 0.770. The second kappa shape index (κ2) is 9.35. The first-order valence-corrected chi connectivity index (χ1v) is 4.91. The fraction of sp³-hybridized carbons (Fsp3) is 1.00. The minimum Gasteiger partial charge on any atom is -0.301 e. The Morgan fingerprint density at radius 3 is 1.85 bits per heavy atom. The summed E-state index contributed by atoms with van der Waals surface area (Å²) in [7, 11) is 0. The maximum atomic E-state index is 5.65. The van der Waals surface area contributed by atoms with Crippen molar-refractivity contribution in [3.63, 3.8) is 0 Å². The van der Waals surface area contributed by atoms with Gasteiger partial charge in [-0.3, -0.25) is 4.90 Å². The number of alkyl halides is 1. The number of hydrogen-bond donors (Lipinski definition) is 0. The standard InChI is InChI=1S/C8H17ClN2.2ClH/c1-2-10-5-7-11(4-3-9)8-6-10;;/h2-8H2,1H3;2*1H. The van der Waals surface area contributed by atoms with Gasteiger partial charge in [-0.15, -0.1) is 36.4 Å². The topological polar surface area (TPSA) is 6.48 Å². The van der Waals surface area contributed by atoms with E-state index >= 15 is 0 Å². The van der Waals surface area contributed by atoms with Gasteiger partial charge < -0.3 is 4.90 Å². The van der Waals surface area contributed by atoms with Gasteiger partial charge in [0.25, 0.3) is 0 Å². The van der Waals surface area contributed by atoms with Crippen LogP contribution >= 0.6 is 36.4 Å². The second-order valence-corrected chi connectivity index (χ2v) is 3.34. The molecule has 0 N–H and O–H groups in total. The molecule has 1 fully saturated rings. The molecule has 0 bridgehead atoms. The Bertz CT molecular complexity index is 106. The zero-order valence-electron chi connectivity index (χ0n) is 8.04. The van der Waals surface area contributed by atoms with E-state index in [2.05, 4.69) is 16.7 Å². The minimum atomic E-state index is 0. The van der Waals surface area contributed by atoms with Crippen molar-refractivity contribution in [1.29, 1.82) is 0 Å². The van der Waals surface area contributed by atoms with E-state index in [1.807, 2.05) is 0 Å². The number of piperazine rings is 1. The van der Waals surface area contributed by atoms with Crippen LogP contribution in [-0.2, 0) is 0 Å². The highest BCUT2D eigenvalue weighted by molar-refractivity contribution is 6.18. The zero-order chi connectivity index (χ0) is 8.10. The van der Waals surface area contributed by atoms with Crippen LogP contribution in [-0.4, -0.2) is 54.9 Å². The number of likely N-dealkylation sites (N-methyl/N-ethyl adjacent to an activating group) is 1. The largest absolute Gasteiger partial charge is 0.301 e. The Labute approximate surface area is 98.4 Å². The van der Waals surface area contributed by atoms with Crippen LogP contribution in [0, 0.1) is 0 Å². The molecule has 0 aromatic heterocycles. The maximum absolute atomic E-state index is 5.65. The first-order valence-electron chi connectivity index (χ1n) is 4.37. The summed E-state index contributed by atoms with van der Waals surface area (Å²) in [6.45, 7) is 9.28. The lowest BCUT2D eigenvalue weighted by atomic mass is 10.3. The molecule has 1 heterocycles. The molecular formula is C8H19Cl3N2. The molecule has 1 saturated heterocycles. The van der Waals surface area contributed by atoms with Crippen molar-refractivity contribution in [1.82, 2.24) is 9.80 Å². The van der Waals surface area contributed by atoms with Crippen LogP contribution in [0.25, 0.3) is 0 Å². The Hall–Kier alpha value is 0.790. The van der Waals surface area contributed by atoms with E-state index in [0.29, 0.717) is 0 Å². The Kier molecular flexibility index (Phi) is 11.7. The highest BCUT2D eigenvalue weighted by Crippen LogP contribution is 2.00. The number of hydrogen-bond acceptors (Lipinski definition) is 2. The van der Waals surface area contributed by atoms with Crippen molar-refractivity contribution in [2.45, 2.75) is 6.92 Å². The fourth-order valence-electron chi connectivity index (χ4n) is 1.45. The highest BCUT2D eigenvalue weighted by Gasteiger charge is 2.13. The minimum absolute atomic E-state index is 0. The van der Waals surface area contributed by atoms with E-state index in [1.165, 1.54) is 32.7 Å². The molecule has 2 nitrogen and oxygen atoms in total. The molecule has 0 aliphatic carbocycles. The van der Waals surface area contributed by atoms with Gasteiger partial charge in [0.05, 0.1) is 0 Å². The molecule has 0 aromatic carbocycles. The summed E-state index contributed by atoms with van der Waals surface area (Å²) < 4.78 is 0. The average molecular weight is 250 g/mol. The molecule has 0 aromatic rings. The quantitative estimate of drug-likeness (QED) is 0.703. The van der Waals surface area contributed by atoms with Crippen molar-refractivity contribution >= 4 is 36.4 Å². The first kappa shape index (κ1) is 16.2. The Morgan fingerprint density at radius 1 is 1.00 bits per heavy atom. The predicted octanol–water partition coefficient (Wildman–Crippen LogP) is 1.71. The van der Waals surface area contributed by atoms with Crippen LogP contribution in [0.2, 0.25) is 0 Å². The van der Waals surface area contributed by atoms with E-state index in [0.717, 1.165) is 12.4 Å². The molecule has 82 valence electrons. The summed E-state index contributed by atoms with van der Waals surface area (Å²) in [4.78, 5) is 4.91. The van der Waals surface area contributed by atoms with Gasteiger partial charge >= 0.3 is 0 Å². The summed E-state index contributed by atoms with van der Waals surface area (Å²) in [6, 6.07) is 0. The lowest BCUT2D eigenvalue weighted by molar-refractivity contribution is 0.143. The van der Waals surface area contributed by atoms with Crippen LogP contribution in [0.1, 0.15) is 6.92 Å². The molecular weight excluding hydrogens is 230 g/mol. The number of rotatable bonds is 3. The Balaban J connectivity index is 0. The molecule has 0 unspecified atom stereocenters. The molecule has 0 spiro atoms. The third kappa shape index (κ3) is 5.97. The van der Waals surface area contributed by atoms with Crippen molar-refractivity contribution in [2.75, 3.05) is 45.1 Å². The number of halogens is 3. The molecule has 13 heavy (non-hydrogen) atoms. The summed E-state index contributed by atoms with van der Waals surface area (Å²) in [6.07, 6.45) is 0. The predicted molar refractivity (Wildman–Crippen MR) is 63.8 cm³/mol. The summed E-state index contributed by atoms with van der Waals surface area (Å²) >= 11 is 5.65. The van der Waals surface area contributed by atoms with Crippen LogP contribution < -0.4 is 0 Å². The van der Waals surface area contributed by atoms with Crippen LogP contribution in [0.4, 0.5) is 0 Å². The molecule has 1 aliphatic rings. The van der Waals surface area contributed by atoms with E-state index in [1.54, 1.807) is 0 Å². The van der Waals surface area contributed by atoms with Crippen molar-refractivity contribution in [3.05, 3.63) is 0 Å². The van der Waals surface area contributed by atoms with E-state index < -0.39 is 0 Å². The van der Waals surface area contributed by atoms with Gasteiger partial charge in [0.2, 0.25) is 0 Å². The number of nitrogens with zero attached hydrogens (tertiary/aromatic N) is 2. The van der Waals surface area contributed by atoms with Crippen LogP contribution in [0.15, 0.2) is 0 Å². The molecule has 1 rings (SSSR count). The third-order valence-corrected chi connectivity index (χ3v) is 2.48. The van der Waals surface area contributed by atoms with E-state index in [-0.39, 0.29) is 24.8 Å². The second-order valence-electron chi connectivity index (χ2n) is 2.96. The maximum Gasteiger partial charge on any atom is 0.0351 e. The van der Waals surface area contributed by atoms with Gasteiger partial charge in [0, 0.05) is 38.6 Å². The molecule has 0 amide bonds.